The van der Waals surface area contributed by atoms with E-state index in [2.05, 4.69) is 62.0 Å². The minimum Gasteiger partial charge on any atom is -0.497 e. The van der Waals surface area contributed by atoms with Gasteiger partial charge in [-0.1, -0.05) is 66.7 Å². The van der Waals surface area contributed by atoms with Crippen LogP contribution in [0.3, 0.4) is 0 Å². The zero-order valence-electron chi connectivity index (χ0n) is 31.3. The zero-order chi connectivity index (χ0) is 38.4. The van der Waals surface area contributed by atoms with Crippen molar-refractivity contribution < 1.29 is 38.0 Å². The molecule has 0 radical (unpaired) electrons. The summed E-state index contributed by atoms with van der Waals surface area (Å²) in [5.41, 5.74) is 5.60. The predicted molar refractivity (Wildman–Crippen MR) is 202 cm³/mol. The van der Waals surface area contributed by atoms with Gasteiger partial charge in [-0.05, 0) is 68.0 Å². The van der Waals surface area contributed by atoms with Crippen LogP contribution in [0.4, 0.5) is 10.6 Å². The molecule has 1 amide bonds. The largest absolute Gasteiger partial charge is 0.497 e. The van der Waals surface area contributed by atoms with Crippen LogP contribution in [-0.4, -0.2) is 82.0 Å². The van der Waals surface area contributed by atoms with E-state index in [9.17, 15) is 9.59 Å². The fraction of sp³-hybridized carbons (Fsp3) is 0.390. The maximum Gasteiger partial charge on any atom is 0.407 e. The number of imidazole rings is 1. The van der Waals surface area contributed by atoms with Crippen molar-refractivity contribution in [3.05, 3.63) is 114 Å². The van der Waals surface area contributed by atoms with Crippen molar-refractivity contribution in [2.75, 3.05) is 25.6 Å². The molecule has 14 heteroatoms. The van der Waals surface area contributed by atoms with Gasteiger partial charge < -0.3 is 39.1 Å². The number of anilines is 1. The number of alkyl carbamates (subject to hydrolysis) is 1. The second-order valence-corrected chi connectivity index (χ2v) is 13.9. The summed E-state index contributed by atoms with van der Waals surface area (Å²) in [5, 5.41) is 6.07. The number of rotatable bonds is 15. The zero-order valence-corrected chi connectivity index (χ0v) is 31.3. The van der Waals surface area contributed by atoms with Crippen LogP contribution in [0.5, 0.6) is 5.75 Å². The molecule has 4 heterocycles. The van der Waals surface area contributed by atoms with E-state index in [1.807, 2.05) is 56.3 Å². The van der Waals surface area contributed by atoms with Crippen LogP contribution >= 0.6 is 0 Å². The minimum absolute atomic E-state index is 0.154. The van der Waals surface area contributed by atoms with Gasteiger partial charge in [0.25, 0.3) is 0 Å². The highest BCUT2D eigenvalue weighted by molar-refractivity contribution is 5.83. The Hall–Kier alpha value is -5.57. The van der Waals surface area contributed by atoms with Gasteiger partial charge in [0, 0.05) is 13.0 Å². The molecule has 3 aromatic carbocycles. The minimum atomic E-state index is -0.931. The summed E-state index contributed by atoms with van der Waals surface area (Å²) < 4.78 is 36.8. The van der Waals surface area contributed by atoms with E-state index in [1.165, 1.54) is 17.5 Å². The van der Waals surface area contributed by atoms with Gasteiger partial charge in [0.1, 0.15) is 43.0 Å². The molecule has 2 aliphatic rings. The topological polar surface area (TPSA) is 157 Å². The van der Waals surface area contributed by atoms with E-state index in [-0.39, 0.29) is 19.6 Å². The summed E-state index contributed by atoms with van der Waals surface area (Å²) >= 11 is 0. The van der Waals surface area contributed by atoms with Crippen LogP contribution in [0.2, 0.25) is 0 Å². The third-order valence-electron chi connectivity index (χ3n) is 9.63. The Kier molecular flexibility index (Phi) is 11.6. The van der Waals surface area contributed by atoms with Crippen LogP contribution in [0.15, 0.2) is 91.5 Å². The molecular formula is C41H46N6O8. The van der Waals surface area contributed by atoms with Gasteiger partial charge >= 0.3 is 12.1 Å². The maximum atomic E-state index is 13.0. The number of esters is 1. The Morgan fingerprint density at radius 3 is 2.25 bits per heavy atom. The summed E-state index contributed by atoms with van der Waals surface area (Å²) in [6, 6.07) is 25.1. The molecule has 7 rings (SSSR count). The summed E-state index contributed by atoms with van der Waals surface area (Å²) in [5.74, 6) is -0.0244. The highest BCUT2D eigenvalue weighted by atomic mass is 16.8. The van der Waals surface area contributed by atoms with E-state index in [0.29, 0.717) is 23.5 Å². The number of aromatic nitrogens is 4. The van der Waals surface area contributed by atoms with Crippen LogP contribution in [0.1, 0.15) is 49.3 Å². The normalized spacial score (nSPS) is 20.4. The Bertz CT molecular complexity index is 2060. The van der Waals surface area contributed by atoms with Crippen molar-refractivity contribution in [2.24, 2.45) is 0 Å². The Balaban J connectivity index is 0.984. The number of aryl methyl sites for hydroxylation is 2. The van der Waals surface area contributed by atoms with Gasteiger partial charge in [0.05, 0.1) is 20.0 Å². The fourth-order valence-corrected chi connectivity index (χ4v) is 6.90. The number of carbonyl (C=O) groups excluding carboxylic acids is 2. The molecule has 288 valence electrons. The Labute approximate surface area is 319 Å². The SMILES string of the molecule is CCOC(=O)[C@H](Cc1ccccc1)NC(=O)OC[C@H]1O[C@@H](n2cnc3c(NCc4ccc(CCc5ccc(OC)cc5)cc4)ncnc32)C2OC(C)(C)O[C@H]21. The molecule has 1 unspecified atom stereocenters. The molecule has 0 aliphatic carbocycles. The highest BCUT2D eigenvalue weighted by Gasteiger charge is 2.56. The van der Waals surface area contributed by atoms with Crippen LogP contribution in [0.25, 0.3) is 11.2 Å². The maximum absolute atomic E-state index is 13.0. The van der Waals surface area contributed by atoms with E-state index in [0.717, 1.165) is 29.7 Å². The first-order valence-corrected chi connectivity index (χ1v) is 18.5. The molecule has 14 nitrogen and oxygen atoms in total. The number of nitrogens with zero attached hydrogens (tertiary/aromatic N) is 4. The molecule has 0 bridgehead atoms. The van der Waals surface area contributed by atoms with Crippen molar-refractivity contribution >= 4 is 29.0 Å². The monoisotopic (exact) mass is 750 g/mol. The first-order chi connectivity index (χ1) is 26.7. The lowest BCUT2D eigenvalue weighted by Gasteiger charge is -2.25. The van der Waals surface area contributed by atoms with E-state index in [1.54, 1.807) is 24.9 Å². The average molecular weight is 751 g/mol. The second kappa shape index (κ2) is 16.8. The number of nitrogens with one attached hydrogen (secondary N) is 2. The number of hydrogen-bond acceptors (Lipinski definition) is 12. The molecule has 2 aromatic heterocycles. The lowest BCUT2D eigenvalue weighted by molar-refractivity contribution is -0.199. The summed E-state index contributed by atoms with van der Waals surface area (Å²) in [4.78, 5) is 39.4. The lowest BCUT2D eigenvalue weighted by Crippen LogP contribution is -2.44. The van der Waals surface area contributed by atoms with Crippen molar-refractivity contribution in [2.45, 2.75) is 82.9 Å². The first-order valence-electron chi connectivity index (χ1n) is 18.5. The van der Waals surface area contributed by atoms with E-state index >= 15 is 0 Å². The summed E-state index contributed by atoms with van der Waals surface area (Å²) in [6.07, 6.45) is 1.98. The van der Waals surface area contributed by atoms with E-state index < -0.39 is 48.4 Å². The number of hydrogen-bond donors (Lipinski definition) is 2. The third kappa shape index (κ3) is 9.05. The molecule has 2 fully saturated rings. The van der Waals surface area contributed by atoms with Crippen LogP contribution in [-0.2, 0) is 54.3 Å². The molecule has 2 N–H and O–H groups in total. The average Bonchev–Trinajstić information content (AvgIpc) is 3.87. The molecule has 2 saturated heterocycles. The molecule has 5 atom stereocenters. The van der Waals surface area contributed by atoms with Crippen molar-refractivity contribution in [1.29, 1.82) is 0 Å². The number of ether oxygens (including phenoxy) is 6. The number of methoxy groups -OCH3 is 1. The molecular weight excluding hydrogens is 704 g/mol. The van der Waals surface area contributed by atoms with Gasteiger partial charge in [-0.2, -0.15) is 0 Å². The van der Waals surface area contributed by atoms with Gasteiger partial charge in [0.15, 0.2) is 29.0 Å². The summed E-state index contributed by atoms with van der Waals surface area (Å²) in [7, 11) is 1.67. The highest BCUT2D eigenvalue weighted by Crippen LogP contribution is 2.44. The number of amides is 1. The molecule has 55 heavy (non-hydrogen) atoms. The van der Waals surface area contributed by atoms with Gasteiger partial charge in [-0.15, -0.1) is 0 Å². The molecule has 2 aliphatic heterocycles. The molecule has 5 aromatic rings. The van der Waals surface area contributed by atoms with Crippen molar-refractivity contribution in [1.82, 2.24) is 24.8 Å². The van der Waals surface area contributed by atoms with Gasteiger partial charge in [-0.25, -0.2) is 24.5 Å². The molecule has 0 spiro atoms. The third-order valence-corrected chi connectivity index (χ3v) is 9.63. The Morgan fingerprint density at radius 2 is 1.55 bits per heavy atom. The van der Waals surface area contributed by atoms with E-state index in [4.69, 9.17) is 28.4 Å². The van der Waals surface area contributed by atoms with Crippen LogP contribution < -0.4 is 15.4 Å². The quantitative estimate of drug-likeness (QED) is 0.129. The second-order valence-electron chi connectivity index (χ2n) is 13.9. The predicted octanol–water partition coefficient (Wildman–Crippen LogP) is 5.55. The smallest absolute Gasteiger partial charge is 0.407 e. The number of carbonyl (C=O) groups is 2. The Morgan fingerprint density at radius 1 is 0.855 bits per heavy atom. The van der Waals surface area contributed by atoms with Crippen molar-refractivity contribution in [3.8, 4) is 5.75 Å². The summed E-state index contributed by atoms with van der Waals surface area (Å²) in [6.45, 7) is 5.93. The fourth-order valence-electron chi connectivity index (χ4n) is 6.90. The number of benzene rings is 3. The molecule has 0 saturated carbocycles. The van der Waals surface area contributed by atoms with Crippen molar-refractivity contribution in [3.63, 3.8) is 0 Å². The van der Waals surface area contributed by atoms with Gasteiger partial charge in [-0.3, -0.25) is 4.57 Å². The lowest BCUT2D eigenvalue weighted by atomic mass is 10.0. The first kappa shape index (κ1) is 37.7. The van der Waals surface area contributed by atoms with Gasteiger partial charge in [0.2, 0.25) is 0 Å². The standard InChI is InChI=1S/C41H46N6O8/c1-5-51-39(48)31(21-28-9-7-6-8-10-28)46-40(49)52-23-32-34-35(55-41(2,3)54-34)38(53-32)47-25-45-33-36(43-24-44-37(33)47)42-22-29-15-13-26(14-16-29)11-12-27-17-19-30(50-4)20-18-27/h6-10,13-20,24-25,31-32,34-35,38H,5,11-12,21-23H2,1-4H3,(H,46,49)(H,42,43,44)/t31-,32+,34-,35?,38+/m0/s1. The van der Waals surface area contributed by atoms with Crippen LogP contribution in [0, 0.1) is 0 Å². The number of fused-ring (bicyclic) bond motifs is 2.